The number of non-ortho nitro benzene ring substituents is 1. The number of nitrogens with zero attached hydrogens (tertiary/aromatic N) is 2. The van der Waals surface area contributed by atoms with Gasteiger partial charge in [-0.2, -0.15) is 5.26 Å². The van der Waals surface area contributed by atoms with Crippen molar-refractivity contribution in [3.8, 4) is 17.4 Å². The van der Waals surface area contributed by atoms with Crippen molar-refractivity contribution in [1.82, 2.24) is 5.32 Å². The molecule has 1 aromatic heterocycles. The summed E-state index contributed by atoms with van der Waals surface area (Å²) < 4.78 is 11.0. The molecule has 1 N–H and O–H groups in total. The van der Waals surface area contributed by atoms with Gasteiger partial charge in [-0.15, -0.1) is 0 Å². The Kier molecular flexibility index (Phi) is 6.66. The zero-order valence-corrected chi connectivity index (χ0v) is 15.3. The number of methoxy groups -OCH3 is 1. The summed E-state index contributed by atoms with van der Waals surface area (Å²) in [4.78, 5) is 22.2. The third kappa shape index (κ3) is 4.78. The van der Waals surface area contributed by atoms with Crippen LogP contribution in [0.25, 0.3) is 17.4 Å². The van der Waals surface area contributed by atoms with E-state index in [9.17, 15) is 14.9 Å². The minimum absolute atomic E-state index is 0.0493. The van der Waals surface area contributed by atoms with Crippen LogP contribution in [0.2, 0.25) is 0 Å². The minimum Gasteiger partial charge on any atom is -0.457 e. The maximum Gasteiger partial charge on any atom is 0.270 e. The van der Waals surface area contributed by atoms with Crippen LogP contribution in [0.3, 0.4) is 0 Å². The van der Waals surface area contributed by atoms with Gasteiger partial charge in [-0.1, -0.05) is 0 Å². The van der Waals surface area contributed by atoms with Crippen molar-refractivity contribution >= 4 is 33.6 Å². The van der Waals surface area contributed by atoms with Crippen molar-refractivity contribution in [3.05, 3.63) is 56.3 Å². The number of nitro benzene ring substituents is 1. The second-order valence-corrected chi connectivity index (χ2v) is 5.90. The smallest absolute Gasteiger partial charge is 0.270 e. The first-order valence-corrected chi connectivity index (χ1v) is 8.18. The Morgan fingerprint density at radius 2 is 2.23 bits per heavy atom. The Labute approximate surface area is 157 Å². The summed E-state index contributed by atoms with van der Waals surface area (Å²) >= 11 is 3.28. The number of rotatable bonds is 7. The van der Waals surface area contributed by atoms with Crippen LogP contribution in [0.4, 0.5) is 5.69 Å². The van der Waals surface area contributed by atoms with E-state index in [0.717, 1.165) is 0 Å². The maximum atomic E-state index is 11.9. The number of amides is 1. The highest BCUT2D eigenvalue weighted by Crippen LogP contribution is 2.32. The molecule has 1 heterocycles. The molecule has 0 aliphatic carbocycles. The van der Waals surface area contributed by atoms with E-state index >= 15 is 0 Å². The number of carbonyl (C=O) groups excluding carboxylic acids is 1. The third-order valence-corrected chi connectivity index (χ3v) is 3.96. The monoisotopic (exact) mass is 419 g/mol. The van der Waals surface area contributed by atoms with Crippen LogP contribution in [0.15, 0.2) is 44.8 Å². The topological polar surface area (TPSA) is 118 Å². The van der Waals surface area contributed by atoms with E-state index in [4.69, 9.17) is 14.4 Å². The number of ether oxygens (including phenoxy) is 1. The number of benzene rings is 1. The van der Waals surface area contributed by atoms with Gasteiger partial charge in [-0.25, -0.2) is 0 Å². The Bertz CT molecular complexity index is 898. The molecule has 0 saturated carbocycles. The largest absolute Gasteiger partial charge is 0.457 e. The lowest BCUT2D eigenvalue weighted by atomic mass is 10.1. The second-order valence-electron chi connectivity index (χ2n) is 5.04. The Morgan fingerprint density at radius 1 is 1.46 bits per heavy atom. The summed E-state index contributed by atoms with van der Waals surface area (Å²) in [6, 6.07) is 9.36. The standard InChI is InChI=1S/C17H14BrN3O5/c1-25-7-6-20-17(22)11(10-19)8-13-3-5-16(26-13)14-4-2-12(21(23)24)9-15(14)18/h2-5,8-9H,6-7H2,1H3,(H,20,22)/b11-8+. The number of halogens is 1. The molecule has 2 aromatic rings. The molecule has 0 saturated heterocycles. The quantitative estimate of drug-likeness (QED) is 0.241. The highest BCUT2D eigenvalue weighted by molar-refractivity contribution is 9.10. The van der Waals surface area contributed by atoms with Crippen molar-refractivity contribution in [2.75, 3.05) is 20.3 Å². The molecule has 0 bridgehead atoms. The fraction of sp³-hybridized carbons (Fsp3) is 0.176. The highest BCUT2D eigenvalue weighted by atomic mass is 79.9. The van der Waals surface area contributed by atoms with Crippen molar-refractivity contribution in [2.24, 2.45) is 0 Å². The first-order chi connectivity index (χ1) is 12.5. The summed E-state index contributed by atoms with van der Waals surface area (Å²) in [5.74, 6) is 0.220. The first kappa shape index (κ1) is 19.4. The van der Waals surface area contributed by atoms with E-state index < -0.39 is 10.8 Å². The molecule has 0 unspecified atom stereocenters. The maximum absolute atomic E-state index is 11.9. The van der Waals surface area contributed by atoms with Gasteiger partial charge in [0.25, 0.3) is 11.6 Å². The molecule has 134 valence electrons. The van der Waals surface area contributed by atoms with Crippen molar-refractivity contribution in [2.45, 2.75) is 0 Å². The van der Waals surface area contributed by atoms with Crippen LogP contribution in [0.5, 0.6) is 0 Å². The predicted molar refractivity (Wildman–Crippen MR) is 97.0 cm³/mol. The number of hydrogen-bond acceptors (Lipinski definition) is 6. The van der Waals surface area contributed by atoms with Gasteiger partial charge in [0.2, 0.25) is 0 Å². The molecule has 1 amide bonds. The van der Waals surface area contributed by atoms with Crippen LogP contribution in [-0.2, 0) is 9.53 Å². The molecule has 0 fully saturated rings. The van der Waals surface area contributed by atoms with Gasteiger partial charge in [-0.3, -0.25) is 14.9 Å². The lowest BCUT2D eigenvalue weighted by Gasteiger charge is -2.02. The van der Waals surface area contributed by atoms with E-state index in [0.29, 0.717) is 28.2 Å². The summed E-state index contributed by atoms with van der Waals surface area (Å²) in [5.41, 5.74) is 0.454. The van der Waals surface area contributed by atoms with Crippen LogP contribution < -0.4 is 5.32 Å². The van der Waals surface area contributed by atoms with Gasteiger partial charge in [0.15, 0.2) is 0 Å². The van der Waals surface area contributed by atoms with Crippen LogP contribution in [-0.4, -0.2) is 31.1 Å². The summed E-state index contributed by atoms with van der Waals surface area (Å²) in [5, 5.41) is 22.5. The Hall–Kier alpha value is -2.96. The van der Waals surface area contributed by atoms with Gasteiger partial charge in [-0.05, 0) is 34.1 Å². The normalized spacial score (nSPS) is 11.0. The zero-order chi connectivity index (χ0) is 19.1. The van der Waals surface area contributed by atoms with Gasteiger partial charge < -0.3 is 14.5 Å². The van der Waals surface area contributed by atoms with Gasteiger partial charge in [0.1, 0.15) is 23.2 Å². The van der Waals surface area contributed by atoms with E-state index in [1.54, 1.807) is 18.2 Å². The average Bonchev–Trinajstić information content (AvgIpc) is 3.07. The summed E-state index contributed by atoms with van der Waals surface area (Å²) in [6.07, 6.45) is 1.32. The van der Waals surface area contributed by atoms with Crippen LogP contribution in [0, 0.1) is 21.4 Å². The molecule has 26 heavy (non-hydrogen) atoms. The summed E-state index contributed by atoms with van der Waals surface area (Å²) in [6.45, 7) is 0.622. The van der Waals surface area contributed by atoms with E-state index in [2.05, 4.69) is 21.2 Å². The van der Waals surface area contributed by atoms with Crippen LogP contribution in [0.1, 0.15) is 5.76 Å². The average molecular weight is 420 g/mol. The molecule has 1 aromatic carbocycles. The molecule has 0 atom stereocenters. The number of furan rings is 1. The number of nitro groups is 1. The zero-order valence-electron chi connectivity index (χ0n) is 13.7. The van der Waals surface area contributed by atoms with Crippen molar-refractivity contribution in [1.29, 1.82) is 5.26 Å². The van der Waals surface area contributed by atoms with Crippen molar-refractivity contribution < 1.29 is 18.9 Å². The summed E-state index contributed by atoms with van der Waals surface area (Å²) in [7, 11) is 1.51. The lowest BCUT2D eigenvalue weighted by molar-refractivity contribution is -0.384. The number of nitriles is 1. The molecule has 0 spiro atoms. The molecule has 0 radical (unpaired) electrons. The minimum atomic E-state index is -0.529. The molecule has 8 nitrogen and oxygen atoms in total. The highest BCUT2D eigenvalue weighted by Gasteiger charge is 2.14. The van der Waals surface area contributed by atoms with Crippen molar-refractivity contribution in [3.63, 3.8) is 0 Å². The molecule has 9 heteroatoms. The SMILES string of the molecule is COCCNC(=O)/C(C#N)=C/c1ccc(-c2ccc([N+](=O)[O-])cc2Br)o1. The van der Waals surface area contributed by atoms with E-state index in [-0.39, 0.29) is 17.8 Å². The third-order valence-electron chi connectivity index (χ3n) is 3.30. The fourth-order valence-electron chi connectivity index (χ4n) is 2.05. The van der Waals surface area contributed by atoms with E-state index in [1.165, 1.54) is 25.3 Å². The number of nitrogens with one attached hydrogen (secondary N) is 1. The van der Waals surface area contributed by atoms with E-state index in [1.807, 2.05) is 6.07 Å². The fourth-order valence-corrected chi connectivity index (χ4v) is 2.61. The molecule has 0 aliphatic rings. The predicted octanol–water partition coefficient (Wildman–Crippen LogP) is 3.29. The molecular formula is C17H14BrN3O5. The second kappa shape index (κ2) is 8.94. The first-order valence-electron chi connectivity index (χ1n) is 7.39. The van der Waals surface area contributed by atoms with Crippen LogP contribution >= 0.6 is 15.9 Å². The Balaban J connectivity index is 2.22. The Morgan fingerprint density at radius 3 is 2.85 bits per heavy atom. The molecule has 2 rings (SSSR count). The van der Waals surface area contributed by atoms with Gasteiger partial charge >= 0.3 is 0 Å². The molecule has 0 aliphatic heterocycles. The lowest BCUT2D eigenvalue weighted by Crippen LogP contribution is -2.27. The van der Waals surface area contributed by atoms with Gasteiger partial charge in [0.05, 0.1) is 11.5 Å². The number of carbonyl (C=O) groups is 1. The number of hydrogen-bond donors (Lipinski definition) is 1. The van der Waals surface area contributed by atoms with Gasteiger partial charge in [0, 0.05) is 41.9 Å². The molecular weight excluding hydrogens is 406 g/mol.